The fourth-order valence-electron chi connectivity index (χ4n) is 1.23. The predicted molar refractivity (Wildman–Crippen MR) is 53.5 cm³/mol. The third kappa shape index (κ3) is 3.18. The second-order valence-corrected chi connectivity index (χ2v) is 3.09. The molecule has 1 rings (SSSR count). The quantitative estimate of drug-likeness (QED) is 0.658. The number of nitrogens with one attached hydrogen (secondary N) is 1. The maximum absolute atomic E-state index is 10.9. The Labute approximate surface area is 83.3 Å². The van der Waals surface area contributed by atoms with Crippen LogP contribution in [0.1, 0.15) is 13.3 Å². The first-order valence-corrected chi connectivity index (χ1v) is 4.74. The van der Waals surface area contributed by atoms with Crippen LogP contribution in [0.25, 0.3) is 0 Å². The molecule has 1 amide bonds. The number of hydrogen-bond acceptors (Lipinski definition) is 3. The lowest BCUT2D eigenvalue weighted by atomic mass is 10.2. The van der Waals surface area contributed by atoms with Crippen LogP contribution >= 0.6 is 0 Å². The molecule has 14 heavy (non-hydrogen) atoms. The Kier molecular flexibility index (Phi) is 4.12. The van der Waals surface area contributed by atoms with Crippen LogP contribution in [-0.4, -0.2) is 28.3 Å². The van der Waals surface area contributed by atoms with Crippen molar-refractivity contribution in [3.63, 3.8) is 0 Å². The van der Waals surface area contributed by atoms with Crippen molar-refractivity contribution >= 4 is 5.91 Å². The van der Waals surface area contributed by atoms with Gasteiger partial charge in [0.2, 0.25) is 5.91 Å². The molecular weight excluding hydrogens is 180 g/mol. The van der Waals surface area contributed by atoms with Crippen molar-refractivity contribution in [3.05, 3.63) is 18.5 Å². The molecule has 0 aliphatic rings. The average molecular weight is 196 g/mol. The van der Waals surface area contributed by atoms with E-state index in [2.05, 4.69) is 10.4 Å². The van der Waals surface area contributed by atoms with Gasteiger partial charge in [-0.1, -0.05) is 6.92 Å². The third-order valence-electron chi connectivity index (χ3n) is 2.04. The molecule has 1 atom stereocenters. The van der Waals surface area contributed by atoms with Crippen molar-refractivity contribution in [3.8, 4) is 0 Å². The summed E-state index contributed by atoms with van der Waals surface area (Å²) in [6.45, 7) is 3.37. The maximum Gasteiger partial charge on any atom is 0.234 e. The van der Waals surface area contributed by atoms with Gasteiger partial charge in [-0.25, -0.2) is 0 Å². The SMILES string of the molecule is CCC(NCCn1cccn1)C(N)=O. The summed E-state index contributed by atoms with van der Waals surface area (Å²) in [4.78, 5) is 10.9. The molecule has 0 saturated heterocycles. The van der Waals surface area contributed by atoms with E-state index in [1.165, 1.54) is 0 Å². The Morgan fingerprint density at radius 1 is 1.71 bits per heavy atom. The molecule has 3 N–H and O–H groups in total. The van der Waals surface area contributed by atoms with Crippen molar-refractivity contribution in [2.45, 2.75) is 25.9 Å². The Morgan fingerprint density at radius 2 is 2.50 bits per heavy atom. The van der Waals surface area contributed by atoms with Gasteiger partial charge in [0, 0.05) is 18.9 Å². The van der Waals surface area contributed by atoms with Crippen LogP contribution in [0.5, 0.6) is 0 Å². The molecule has 0 saturated carbocycles. The van der Waals surface area contributed by atoms with Gasteiger partial charge in [0.1, 0.15) is 0 Å². The number of carbonyl (C=O) groups excluding carboxylic acids is 1. The standard InChI is InChI=1S/C9H16N4O/c1-2-8(9(10)14)11-5-7-13-6-3-4-12-13/h3-4,6,8,11H,2,5,7H2,1H3,(H2,10,14). The number of aromatic nitrogens is 2. The van der Waals surface area contributed by atoms with Gasteiger partial charge in [0.05, 0.1) is 12.6 Å². The van der Waals surface area contributed by atoms with Crippen molar-refractivity contribution in [1.29, 1.82) is 0 Å². The summed E-state index contributed by atoms with van der Waals surface area (Å²) in [5.41, 5.74) is 5.18. The van der Waals surface area contributed by atoms with E-state index in [9.17, 15) is 4.79 Å². The summed E-state index contributed by atoms with van der Waals surface area (Å²) in [7, 11) is 0. The Bertz CT molecular complexity index is 270. The van der Waals surface area contributed by atoms with Crippen molar-refractivity contribution < 1.29 is 4.79 Å². The minimum absolute atomic E-state index is 0.231. The molecule has 0 radical (unpaired) electrons. The zero-order valence-corrected chi connectivity index (χ0v) is 8.31. The number of hydrogen-bond donors (Lipinski definition) is 2. The van der Waals surface area contributed by atoms with Gasteiger partial charge < -0.3 is 11.1 Å². The minimum atomic E-state index is -0.298. The number of carbonyl (C=O) groups is 1. The van der Waals surface area contributed by atoms with Crippen molar-refractivity contribution in [1.82, 2.24) is 15.1 Å². The highest BCUT2D eigenvalue weighted by Crippen LogP contribution is 1.89. The summed E-state index contributed by atoms with van der Waals surface area (Å²) in [5.74, 6) is -0.298. The maximum atomic E-state index is 10.9. The van der Waals surface area contributed by atoms with Gasteiger partial charge in [-0.3, -0.25) is 9.48 Å². The van der Waals surface area contributed by atoms with Crippen LogP contribution in [0.4, 0.5) is 0 Å². The highest BCUT2D eigenvalue weighted by molar-refractivity contribution is 5.79. The number of nitrogens with two attached hydrogens (primary N) is 1. The summed E-state index contributed by atoms with van der Waals surface area (Å²) in [5, 5.41) is 7.12. The van der Waals surface area contributed by atoms with Crippen LogP contribution in [0, 0.1) is 0 Å². The highest BCUT2D eigenvalue weighted by atomic mass is 16.1. The Morgan fingerprint density at radius 3 is 3.00 bits per heavy atom. The molecule has 0 aliphatic carbocycles. The monoisotopic (exact) mass is 196 g/mol. The zero-order chi connectivity index (χ0) is 10.4. The lowest BCUT2D eigenvalue weighted by Gasteiger charge is -2.12. The Balaban J connectivity index is 2.23. The third-order valence-corrected chi connectivity index (χ3v) is 2.04. The van der Waals surface area contributed by atoms with E-state index >= 15 is 0 Å². The van der Waals surface area contributed by atoms with Crippen molar-refractivity contribution in [2.24, 2.45) is 5.73 Å². The molecule has 0 aliphatic heterocycles. The molecule has 1 heterocycles. The summed E-state index contributed by atoms with van der Waals surface area (Å²) in [6, 6.07) is 1.64. The smallest absolute Gasteiger partial charge is 0.234 e. The van der Waals surface area contributed by atoms with E-state index in [4.69, 9.17) is 5.73 Å². The van der Waals surface area contributed by atoms with E-state index in [0.29, 0.717) is 13.0 Å². The van der Waals surface area contributed by atoms with Gasteiger partial charge in [0.25, 0.3) is 0 Å². The lowest BCUT2D eigenvalue weighted by molar-refractivity contribution is -0.120. The molecule has 0 spiro atoms. The largest absolute Gasteiger partial charge is 0.368 e. The minimum Gasteiger partial charge on any atom is -0.368 e. The van der Waals surface area contributed by atoms with E-state index in [1.807, 2.05) is 19.2 Å². The van der Waals surface area contributed by atoms with E-state index in [-0.39, 0.29) is 11.9 Å². The van der Waals surface area contributed by atoms with Crippen LogP contribution in [-0.2, 0) is 11.3 Å². The van der Waals surface area contributed by atoms with Gasteiger partial charge in [-0.05, 0) is 12.5 Å². The van der Waals surface area contributed by atoms with E-state index in [1.54, 1.807) is 10.9 Å². The van der Waals surface area contributed by atoms with Gasteiger partial charge >= 0.3 is 0 Å². The second kappa shape index (κ2) is 5.39. The summed E-state index contributed by atoms with van der Waals surface area (Å²) < 4.78 is 1.81. The first kappa shape index (κ1) is 10.7. The molecule has 0 bridgehead atoms. The molecule has 1 aromatic heterocycles. The van der Waals surface area contributed by atoms with Crippen LogP contribution in [0.15, 0.2) is 18.5 Å². The number of primary amides is 1. The molecule has 1 aromatic rings. The number of nitrogens with zero attached hydrogens (tertiary/aromatic N) is 2. The van der Waals surface area contributed by atoms with Crippen molar-refractivity contribution in [2.75, 3.05) is 6.54 Å². The van der Waals surface area contributed by atoms with E-state index in [0.717, 1.165) is 6.54 Å². The molecule has 5 heteroatoms. The summed E-state index contributed by atoms with van der Waals surface area (Å²) in [6.07, 6.45) is 4.33. The Hall–Kier alpha value is -1.36. The predicted octanol–water partition coefficient (Wildman–Crippen LogP) is -0.263. The first-order chi connectivity index (χ1) is 6.74. The molecule has 0 fully saturated rings. The normalized spacial score (nSPS) is 12.6. The van der Waals surface area contributed by atoms with Crippen LogP contribution < -0.4 is 11.1 Å². The molecule has 0 aromatic carbocycles. The molecule has 1 unspecified atom stereocenters. The van der Waals surface area contributed by atoms with Crippen LogP contribution in [0.3, 0.4) is 0 Å². The number of rotatable bonds is 6. The molecule has 5 nitrogen and oxygen atoms in total. The number of amides is 1. The topological polar surface area (TPSA) is 72.9 Å². The van der Waals surface area contributed by atoms with Gasteiger partial charge in [-0.2, -0.15) is 5.10 Å². The summed E-state index contributed by atoms with van der Waals surface area (Å²) >= 11 is 0. The first-order valence-electron chi connectivity index (χ1n) is 4.74. The molecule has 78 valence electrons. The van der Waals surface area contributed by atoms with Crippen LogP contribution in [0.2, 0.25) is 0 Å². The highest BCUT2D eigenvalue weighted by Gasteiger charge is 2.10. The molecular formula is C9H16N4O. The van der Waals surface area contributed by atoms with E-state index < -0.39 is 0 Å². The van der Waals surface area contributed by atoms with Gasteiger partial charge in [-0.15, -0.1) is 0 Å². The lowest BCUT2D eigenvalue weighted by Crippen LogP contribution is -2.42. The van der Waals surface area contributed by atoms with Gasteiger partial charge in [0.15, 0.2) is 0 Å². The fraction of sp³-hybridized carbons (Fsp3) is 0.556. The zero-order valence-electron chi connectivity index (χ0n) is 8.31. The fourth-order valence-corrected chi connectivity index (χ4v) is 1.23. The average Bonchev–Trinajstić information content (AvgIpc) is 2.64. The second-order valence-electron chi connectivity index (χ2n) is 3.09.